The molecule has 0 fully saturated rings. The molecule has 16 heavy (non-hydrogen) atoms. The molecule has 3 heteroatoms. The third-order valence-corrected chi connectivity index (χ3v) is 3.37. The summed E-state index contributed by atoms with van der Waals surface area (Å²) in [4.78, 5) is 0. The van der Waals surface area contributed by atoms with Gasteiger partial charge in [-0.1, -0.05) is 13.8 Å². The molecule has 0 amide bonds. The summed E-state index contributed by atoms with van der Waals surface area (Å²) in [5, 5.41) is 1.11. The van der Waals surface area contributed by atoms with E-state index in [9.17, 15) is 0 Å². The number of rotatable bonds is 2. The first-order valence-corrected chi connectivity index (χ1v) is 6.23. The summed E-state index contributed by atoms with van der Waals surface area (Å²) in [6.45, 7) is 6.26. The second kappa shape index (κ2) is 4.22. The maximum atomic E-state index is 6.08. The number of hydrogen-bond donors (Lipinski definition) is 1. The summed E-state index contributed by atoms with van der Waals surface area (Å²) in [5.41, 5.74) is 8.18. The average Bonchev–Trinajstić information content (AvgIpc) is 2.60. The van der Waals surface area contributed by atoms with Gasteiger partial charge in [-0.05, 0) is 52.5 Å². The Morgan fingerprint density at radius 3 is 2.56 bits per heavy atom. The van der Waals surface area contributed by atoms with E-state index in [4.69, 9.17) is 10.2 Å². The van der Waals surface area contributed by atoms with Crippen LogP contribution in [0.2, 0.25) is 0 Å². The van der Waals surface area contributed by atoms with Gasteiger partial charge in [-0.25, -0.2) is 0 Å². The van der Waals surface area contributed by atoms with Crippen LogP contribution >= 0.6 is 15.9 Å². The van der Waals surface area contributed by atoms with Crippen molar-refractivity contribution in [3.05, 3.63) is 34.0 Å². The first kappa shape index (κ1) is 11.7. The van der Waals surface area contributed by atoms with E-state index in [0.29, 0.717) is 5.92 Å². The number of aryl methyl sites for hydroxylation is 1. The third-order valence-electron chi connectivity index (χ3n) is 2.78. The van der Waals surface area contributed by atoms with E-state index < -0.39 is 0 Å². The van der Waals surface area contributed by atoms with E-state index in [1.165, 1.54) is 5.56 Å². The molecule has 0 bridgehead atoms. The molecule has 0 saturated carbocycles. The molecule has 86 valence electrons. The van der Waals surface area contributed by atoms with Gasteiger partial charge in [0, 0.05) is 5.39 Å². The number of halogens is 1. The molecule has 0 radical (unpaired) electrons. The fourth-order valence-corrected chi connectivity index (χ4v) is 2.44. The van der Waals surface area contributed by atoms with Crippen molar-refractivity contribution in [1.82, 2.24) is 0 Å². The molecule has 0 aliphatic heterocycles. The van der Waals surface area contributed by atoms with Gasteiger partial charge >= 0.3 is 0 Å². The van der Waals surface area contributed by atoms with Crippen LogP contribution in [0.1, 0.15) is 31.2 Å². The summed E-state index contributed by atoms with van der Waals surface area (Å²) < 4.78 is 6.80. The fourth-order valence-electron chi connectivity index (χ4n) is 1.76. The van der Waals surface area contributed by atoms with Crippen LogP contribution in [0.3, 0.4) is 0 Å². The first-order chi connectivity index (χ1) is 7.49. The maximum absolute atomic E-state index is 6.08. The Hall–Kier alpha value is -0.800. The Morgan fingerprint density at radius 2 is 1.94 bits per heavy atom. The zero-order valence-corrected chi connectivity index (χ0v) is 11.3. The minimum atomic E-state index is -0.0420. The molecule has 2 N–H and O–H groups in total. The minimum absolute atomic E-state index is 0.0420. The quantitative estimate of drug-likeness (QED) is 0.898. The Labute approximate surface area is 104 Å². The van der Waals surface area contributed by atoms with Gasteiger partial charge in [0.15, 0.2) is 0 Å². The van der Waals surface area contributed by atoms with Crippen molar-refractivity contribution >= 4 is 26.9 Å². The monoisotopic (exact) mass is 281 g/mol. The Morgan fingerprint density at radius 1 is 1.25 bits per heavy atom. The molecule has 1 atom stereocenters. The van der Waals surface area contributed by atoms with Gasteiger partial charge in [-0.3, -0.25) is 0 Å². The Bertz CT molecular complexity index is 516. The van der Waals surface area contributed by atoms with Crippen molar-refractivity contribution in [2.75, 3.05) is 0 Å². The van der Waals surface area contributed by atoms with E-state index >= 15 is 0 Å². The zero-order valence-electron chi connectivity index (χ0n) is 9.75. The van der Waals surface area contributed by atoms with Gasteiger partial charge in [-0.15, -0.1) is 0 Å². The molecule has 2 aromatic rings. The van der Waals surface area contributed by atoms with Crippen LogP contribution < -0.4 is 5.73 Å². The van der Waals surface area contributed by atoms with Crippen LogP contribution in [0.15, 0.2) is 27.1 Å². The van der Waals surface area contributed by atoms with E-state index in [-0.39, 0.29) is 6.04 Å². The smallest absolute Gasteiger partial charge is 0.148 e. The lowest BCUT2D eigenvalue weighted by molar-refractivity contribution is 0.418. The summed E-state index contributed by atoms with van der Waals surface area (Å²) in [7, 11) is 0. The van der Waals surface area contributed by atoms with Crippen molar-refractivity contribution in [3.8, 4) is 0 Å². The van der Waals surface area contributed by atoms with Crippen LogP contribution in [-0.2, 0) is 0 Å². The molecular formula is C13H16BrNO. The maximum Gasteiger partial charge on any atom is 0.148 e. The van der Waals surface area contributed by atoms with E-state index in [2.05, 4.69) is 48.8 Å². The van der Waals surface area contributed by atoms with Crippen LogP contribution in [0.4, 0.5) is 0 Å². The summed E-state index contributed by atoms with van der Waals surface area (Å²) in [5.74, 6) is 1.23. The summed E-state index contributed by atoms with van der Waals surface area (Å²) in [6.07, 6.45) is 0. The van der Waals surface area contributed by atoms with Crippen LogP contribution in [0, 0.1) is 12.8 Å². The molecule has 0 saturated heterocycles. The average molecular weight is 282 g/mol. The third kappa shape index (κ3) is 2.02. The van der Waals surface area contributed by atoms with Gasteiger partial charge in [-0.2, -0.15) is 0 Å². The second-order valence-electron chi connectivity index (χ2n) is 4.58. The molecule has 0 aliphatic rings. The standard InChI is InChI=1S/C13H16BrNO/c1-7(2)12(15)11-6-9-4-8(3)5-10(14)13(9)16-11/h4-7,12H,15H2,1-3H3. The largest absolute Gasteiger partial charge is 0.458 e. The van der Waals surface area contributed by atoms with Crippen molar-refractivity contribution < 1.29 is 4.42 Å². The molecule has 1 unspecified atom stereocenters. The SMILES string of the molecule is Cc1cc(Br)c2oc(C(N)C(C)C)cc2c1. The number of hydrogen-bond acceptors (Lipinski definition) is 2. The molecule has 1 heterocycles. The van der Waals surface area contributed by atoms with E-state index in [0.717, 1.165) is 21.2 Å². The molecule has 0 spiro atoms. The molecular weight excluding hydrogens is 266 g/mol. The van der Waals surface area contributed by atoms with Gasteiger partial charge < -0.3 is 10.2 Å². The highest BCUT2D eigenvalue weighted by Crippen LogP contribution is 2.32. The predicted octanol–water partition coefficient (Wildman–Crippen LogP) is 4.16. The topological polar surface area (TPSA) is 39.2 Å². The molecule has 0 aliphatic carbocycles. The van der Waals surface area contributed by atoms with Crippen LogP contribution in [0.5, 0.6) is 0 Å². The highest BCUT2D eigenvalue weighted by atomic mass is 79.9. The number of fused-ring (bicyclic) bond motifs is 1. The lowest BCUT2D eigenvalue weighted by Gasteiger charge is -2.11. The first-order valence-electron chi connectivity index (χ1n) is 5.44. The fraction of sp³-hybridized carbons (Fsp3) is 0.385. The predicted molar refractivity (Wildman–Crippen MR) is 70.4 cm³/mol. The van der Waals surface area contributed by atoms with Gasteiger partial charge in [0.25, 0.3) is 0 Å². The molecule has 2 rings (SSSR count). The summed E-state index contributed by atoms with van der Waals surface area (Å²) >= 11 is 3.51. The number of benzene rings is 1. The highest BCUT2D eigenvalue weighted by Gasteiger charge is 2.16. The van der Waals surface area contributed by atoms with E-state index in [1.54, 1.807) is 0 Å². The molecule has 1 aromatic carbocycles. The van der Waals surface area contributed by atoms with E-state index in [1.807, 2.05) is 6.07 Å². The summed E-state index contributed by atoms with van der Waals surface area (Å²) in [6, 6.07) is 6.16. The Kier molecular flexibility index (Phi) is 3.08. The molecule has 1 aromatic heterocycles. The van der Waals surface area contributed by atoms with Gasteiger partial charge in [0.05, 0.1) is 10.5 Å². The Balaban J connectivity index is 2.56. The van der Waals surface area contributed by atoms with Gasteiger partial charge in [0.1, 0.15) is 11.3 Å². The lowest BCUT2D eigenvalue weighted by atomic mass is 10.0. The van der Waals surface area contributed by atoms with Crippen molar-refractivity contribution in [2.24, 2.45) is 11.7 Å². The number of nitrogens with two attached hydrogens (primary N) is 1. The lowest BCUT2D eigenvalue weighted by Crippen LogP contribution is -2.15. The van der Waals surface area contributed by atoms with Gasteiger partial charge in [0.2, 0.25) is 0 Å². The number of furan rings is 1. The van der Waals surface area contributed by atoms with Crippen LogP contribution in [-0.4, -0.2) is 0 Å². The van der Waals surface area contributed by atoms with Crippen molar-refractivity contribution in [3.63, 3.8) is 0 Å². The normalized spacial score (nSPS) is 13.6. The zero-order chi connectivity index (χ0) is 11.9. The minimum Gasteiger partial charge on any atom is -0.458 e. The van der Waals surface area contributed by atoms with Crippen molar-refractivity contribution in [2.45, 2.75) is 26.8 Å². The van der Waals surface area contributed by atoms with Crippen LogP contribution in [0.25, 0.3) is 11.0 Å². The highest BCUT2D eigenvalue weighted by molar-refractivity contribution is 9.10. The van der Waals surface area contributed by atoms with Crippen molar-refractivity contribution in [1.29, 1.82) is 0 Å². The second-order valence-corrected chi connectivity index (χ2v) is 5.44. The molecule has 2 nitrogen and oxygen atoms in total.